The van der Waals surface area contributed by atoms with Gasteiger partial charge < -0.3 is 14.8 Å². The molecule has 0 spiro atoms. The van der Waals surface area contributed by atoms with Crippen molar-refractivity contribution in [2.45, 2.75) is 32.9 Å². The van der Waals surface area contributed by atoms with Crippen LogP contribution in [-0.2, 0) is 20.9 Å². The third-order valence-corrected chi connectivity index (χ3v) is 4.18. The molecule has 2 rings (SSSR count). The van der Waals surface area contributed by atoms with E-state index in [4.69, 9.17) is 4.74 Å². The van der Waals surface area contributed by atoms with Gasteiger partial charge in [-0.15, -0.1) is 13.2 Å². The molecule has 0 radical (unpaired) electrons. The molecular formula is C16H15F3N2O5S. The van der Waals surface area contributed by atoms with E-state index in [2.05, 4.69) is 10.1 Å². The summed E-state index contributed by atoms with van der Waals surface area (Å²) in [5.41, 5.74) is 0.794. The smallest absolute Gasteiger partial charge is 0.451 e. The monoisotopic (exact) mass is 404 g/mol. The van der Waals surface area contributed by atoms with Gasteiger partial charge in [-0.3, -0.25) is 19.0 Å². The van der Waals surface area contributed by atoms with Gasteiger partial charge in [0.05, 0.1) is 0 Å². The predicted molar refractivity (Wildman–Crippen MR) is 90.6 cm³/mol. The van der Waals surface area contributed by atoms with Crippen LogP contribution in [0.15, 0.2) is 34.4 Å². The first-order valence-electron chi connectivity index (χ1n) is 7.56. The quantitative estimate of drug-likeness (QED) is 0.748. The Morgan fingerprint density at radius 1 is 1.26 bits per heavy atom. The fraction of sp³-hybridized carbons (Fsp3) is 0.312. The van der Waals surface area contributed by atoms with Crippen molar-refractivity contribution in [3.8, 4) is 5.75 Å². The molecule has 1 aromatic heterocycles. The van der Waals surface area contributed by atoms with Gasteiger partial charge in [0.15, 0.2) is 6.10 Å². The number of nitrogens with zero attached hydrogens (tertiary/aromatic N) is 1. The number of amides is 1. The lowest BCUT2D eigenvalue weighted by atomic mass is 10.3. The van der Waals surface area contributed by atoms with Gasteiger partial charge in [-0.05, 0) is 38.1 Å². The van der Waals surface area contributed by atoms with Crippen molar-refractivity contribution in [1.82, 2.24) is 4.57 Å². The number of ether oxygens (including phenoxy) is 2. The highest BCUT2D eigenvalue weighted by atomic mass is 32.1. The Balaban J connectivity index is 1.89. The van der Waals surface area contributed by atoms with Crippen LogP contribution in [0.2, 0.25) is 0 Å². The van der Waals surface area contributed by atoms with Gasteiger partial charge in [0.2, 0.25) is 0 Å². The van der Waals surface area contributed by atoms with Crippen molar-refractivity contribution in [3.63, 3.8) is 0 Å². The normalized spacial score (nSPS) is 12.3. The Kier molecular flexibility index (Phi) is 6.26. The second kappa shape index (κ2) is 8.25. The molecule has 7 nitrogen and oxygen atoms in total. The lowest BCUT2D eigenvalue weighted by Crippen LogP contribution is -2.32. The van der Waals surface area contributed by atoms with Crippen LogP contribution in [0.25, 0.3) is 0 Å². The van der Waals surface area contributed by atoms with Gasteiger partial charge in [0.1, 0.15) is 12.3 Å². The summed E-state index contributed by atoms with van der Waals surface area (Å²) < 4.78 is 46.2. The van der Waals surface area contributed by atoms with Crippen molar-refractivity contribution in [3.05, 3.63) is 45.0 Å². The molecule has 11 heteroatoms. The number of carbonyl (C=O) groups excluding carboxylic acids is 2. The molecule has 0 bridgehead atoms. The number of halogens is 3. The van der Waals surface area contributed by atoms with Gasteiger partial charge in [0, 0.05) is 16.8 Å². The Morgan fingerprint density at radius 2 is 1.89 bits per heavy atom. The van der Waals surface area contributed by atoms with E-state index in [1.165, 1.54) is 23.6 Å². The fourth-order valence-corrected chi connectivity index (χ4v) is 2.73. The van der Waals surface area contributed by atoms with Crippen LogP contribution in [0.3, 0.4) is 0 Å². The topological polar surface area (TPSA) is 86.6 Å². The van der Waals surface area contributed by atoms with Crippen LogP contribution in [0.5, 0.6) is 5.75 Å². The minimum Gasteiger partial charge on any atom is -0.451 e. The zero-order valence-corrected chi connectivity index (χ0v) is 15.0. The highest BCUT2D eigenvalue weighted by Crippen LogP contribution is 2.24. The van der Waals surface area contributed by atoms with Crippen LogP contribution >= 0.6 is 11.3 Å². The number of anilines is 1. The zero-order valence-electron chi connectivity index (χ0n) is 14.2. The Morgan fingerprint density at radius 3 is 2.41 bits per heavy atom. The molecule has 0 saturated carbocycles. The standard InChI is InChI=1S/C16H15F3N2O5S/c1-9-8-27-15(24)21(9)7-13(22)25-10(2)14(23)20-11-3-5-12(6-4-11)26-16(17,18)19/h3-6,8,10H,7H2,1-2H3,(H,20,23)/t10-/m1/s1. The molecule has 1 atom stereocenters. The Hall–Kier alpha value is -2.82. The van der Waals surface area contributed by atoms with E-state index < -0.39 is 30.1 Å². The van der Waals surface area contributed by atoms with Gasteiger partial charge in [0.25, 0.3) is 5.91 Å². The average Bonchev–Trinajstić information content (AvgIpc) is 2.87. The molecule has 0 aliphatic carbocycles. The van der Waals surface area contributed by atoms with Crippen LogP contribution in [-0.4, -0.2) is 28.9 Å². The molecule has 1 aromatic carbocycles. The number of thiazole rings is 1. The first-order valence-corrected chi connectivity index (χ1v) is 8.44. The maximum absolute atomic E-state index is 12.1. The minimum atomic E-state index is -4.81. The molecule has 27 heavy (non-hydrogen) atoms. The van der Waals surface area contributed by atoms with Gasteiger partial charge in [-0.1, -0.05) is 11.3 Å². The van der Waals surface area contributed by atoms with Crippen LogP contribution in [0.4, 0.5) is 18.9 Å². The minimum absolute atomic E-state index is 0.197. The third kappa shape index (κ3) is 6.13. The lowest BCUT2D eigenvalue weighted by Gasteiger charge is -2.14. The van der Waals surface area contributed by atoms with Crippen molar-refractivity contribution in [1.29, 1.82) is 0 Å². The van der Waals surface area contributed by atoms with Gasteiger partial charge in [-0.2, -0.15) is 0 Å². The van der Waals surface area contributed by atoms with E-state index in [1.54, 1.807) is 12.3 Å². The number of rotatable bonds is 6. The SMILES string of the molecule is Cc1csc(=O)n1CC(=O)O[C@H](C)C(=O)Nc1ccc(OC(F)(F)F)cc1. The lowest BCUT2D eigenvalue weighted by molar-refractivity contribution is -0.274. The summed E-state index contributed by atoms with van der Waals surface area (Å²) in [7, 11) is 0. The summed E-state index contributed by atoms with van der Waals surface area (Å²) in [5, 5.41) is 3.99. The van der Waals surface area contributed by atoms with Gasteiger partial charge in [-0.25, -0.2) is 0 Å². The second-order valence-corrected chi connectivity index (χ2v) is 6.24. The summed E-state index contributed by atoms with van der Waals surface area (Å²) in [5.74, 6) is -1.88. The molecule has 0 aliphatic heterocycles. The van der Waals surface area contributed by atoms with Crippen LogP contribution in [0.1, 0.15) is 12.6 Å². The molecule has 1 heterocycles. The van der Waals surface area contributed by atoms with E-state index in [-0.39, 0.29) is 17.1 Å². The second-order valence-electron chi connectivity index (χ2n) is 5.42. The molecule has 1 amide bonds. The molecule has 0 saturated heterocycles. The Labute approximate surface area is 155 Å². The number of aryl methyl sites for hydroxylation is 1. The number of nitrogens with one attached hydrogen (secondary N) is 1. The fourth-order valence-electron chi connectivity index (χ4n) is 2.00. The number of hydrogen-bond donors (Lipinski definition) is 1. The zero-order chi connectivity index (χ0) is 20.2. The summed E-state index contributed by atoms with van der Waals surface area (Å²) in [4.78, 5) is 35.2. The van der Waals surface area contributed by atoms with Crippen LogP contribution in [0, 0.1) is 6.92 Å². The molecule has 0 aliphatic rings. The number of esters is 1. The molecule has 2 aromatic rings. The summed E-state index contributed by atoms with van der Waals surface area (Å²) >= 11 is 0.944. The Bertz CT molecular complexity index is 873. The van der Waals surface area contributed by atoms with Gasteiger partial charge >= 0.3 is 17.2 Å². The van der Waals surface area contributed by atoms with Crippen molar-refractivity contribution in [2.24, 2.45) is 0 Å². The number of alkyl halides is 3. The first kappa shape index (κ1) is 20.5. The van der Waals surface area contributed by atoms with E-state index in [0.717, 1.165) is 23.5 Å². The number of aromatic nitrogens is 1. The molecule has 1 N–H and O–H groups in total. The number of carbonyl (C=O) groups is 2. The highest BCUT2D eigenvalue weighted by Gasteiger charge is 2.31. The summed E-state index contributed by atoms with van der Waals surface area (Å²) in [6, 6.07) is 4.49. The largest absolute Gasteiger partial charge is 0.573 e. The highest BCUT2D eigenvalue weighted by molar-refractivity contribution is 7.07. The maximum Gasteiger partial charge on any atom is 0.573 e. The summed E-state index contributed by atoms with van der Waals surface area (Å²) in [6.45, 7) is 2.67. The number of hydrogen-bond acceptors (Lipinski definition) is 6. The van der Waals surface area contributed by atoms with Crippen molar-refractivity contribution >= 4 is 28.9 Å². The van der Waals surface area contributed by atoms with Crippen LogP contribution < -0.4 is 14.9 Å². The van der Waals surface area contributed by atoms with E-state index in [0.29, 0.717) is 5.69 Å². The van der Waals surface area contributed by atoms with E-state index in [1.807, 2.05) is 0 Å². The molecular weight excluding hydrogens is 389 g/mol. The molecule has 0 fully saturated rings. The third-order valence-electron chi connectivity index (χ3n) is 3.30. The average molecular weight is 404 g/mol. The maximum atomic E-state index is 12.1. The predicted octanol–water partition coefficient (Wildman–Crippen LogP) is 2.69. The first-order chi connectivity index (χ1) is 12.5. The molecule has 146 valence electrons. The summed E-state index contributed by atoms with van der Waals surface area (Å²) in [6.07, 6.45) is -5.98. The van der Waals surface area contributed by atoms with E-state index in [9.17, 15) is 27.6 Å². The number of benzene rings is 1. The molecule has 0 unspecified atom stereocenters. The van der Waals surface area contributed by atoms with E-state index >= 15 is 0 Å². The van der Waals surface area contributed by atoms with Crippen molar-refractivity contribution in [2.75, 3.05) is 5.32 Å². The van der Waals surface area contributed by atoms with Crippen molar-refractivity contribution < 1.29 is 32.2 Å².